The van der Waals surface area contributed by atoms with Crippen LogP contribution in [0.1, 0.15) is 46.5 Å². The maximum absolute atomic E-state index is 13.8. The van der Waals surface area contributed by atoms with Crippen LogP contribution < -0.4 is 4.74 Å². The minimum Gasteiger partial charge on any atom is -0.479 e. The molecule has 1 aliphatic heterocycles. The van der Waals surface area contributed by atoms with Gasteiger partial charge in [-0.2, -0.15) is 18.3 Å². The van der Waals surface area contributed by atoms with Gasteiger partial charge in [-0.1, -0.05) is 0 Å². The van der Waals surface area contributed by atoms with Gasteiger partial charge in [0, 0.05) is 18.7 Å². The van der Waals surface area contributed by atoms with Gasteiger partial charge in [-0.15, -0.1) is 0 Å². The molecular formula is C24H20F4N6O. The molecule has 1 aliphatic rings. The normalized spacial score (nSPS) is 15.7. The van der Waals surface area contributed by atoms with Crippen molar-refractivity contribution in [2.24, 2.45) is 0 Å². The Bertz CT molecular complexity index is 1420. The molecule has 4 heterocycles. The molecule has 0 aliphatic carbocycles. The van der Waals surface area contributed by atoms with Crippen molar-refractivity contribution in [3.05, 3.63) is 82.8 Å². The van der Waals surface area contributed by atoms with E-state index in [0.717, 1.165) is 29.6 Å². The van der Waals surface area contributed by atoms with E-state index >= 15 is 0 Å². The first kappa shape index (κ1) is 22.8. The Balaban J connectivity index is 1.42. The predicted octanol–water partition coefficient (Wildman–Crippen LogP) is 5.04. The van der Waals surface area contributed by atoms with Gasteiger partial charge < -0.3 is 9.30 Å². The van der Waals surface area contributed by atoms with E-state index in [1.54, 1.807) is 33.8 Å². The lowest BCUT2D eigenvalue weighted by atomic mass is 9.92. The van der Waals surface area contributed by atoms with Crippen molar-refractivity contribution in [3.63, 3.8) is 0 Å². The highest BCUT2D eigenvalue weighted by molar-refractivity contribution is 5.65. The highest BCUT2D eigenvalue weighted by Gasteiger charge is 2.38. The molecule has 0 radical (unpaired) electrons. The molecule has 0 spiro atoms. The highest BCUT2D eigenvalue weighted by Crippen LogP contribution is 2.41. The second-order valence-electron chi connectivity index (χ2n) is 8.14. The molecule has 5 rings (SSSR count). The number of hydrogen-bond acceptors (Lipinski definition) is 5. The fourth-order valence-corrected chi connectivity index (χ4v) is 4.22. The Morgan fingerprint density at radius 1 is 1.11 bits per heavy atom. The number of halogens is 4. The fraction of sp³-hybridized carbons (Fsp3) is 0.250. The van der Waals surface area contributed by atoms with Crippen LogP contribution in [0.2, 0.25) is 0 Å². The zero-order valence-electron chi connectivity index (χ0n) is 18.8. The minimum atomic E-state index is -4.59. The van der Waals surface area contributed by atoms with Crippen LogP contribution in [0.15, 0.2) is 42.9 Å². The molecule has 0 bridgehead atoms. The van der Waals surface area contributed by atoms with Crippen LogP contribution in [0, 0.1) is 12.7 Å². The molecule has 0 saturated carbocycles. The average molecular weight is 484 g/mol. The summed E-state index contributed by atoms with van der Waals surface area (Å²) in [6.07, 6.45) is 2.60. The van der Waals surface area contributed by atoms with Crippen molar-refractivity contribution < 1.29 is 22.3 Å². The summed E-state index contributed by atoms with van der Waals surface area (Å²) in [4.78, 5) is 13.1. The van der Waals surface area contributed by atoms with Crippen LogP contribution in [-0.4, -0.2) is 36.4 Å². The topological polar surface area (TPSA) is 70.7 Å². The second-order valence-corrected chi connectivity index (χ2v) is 8.14. The molecule has 4 aromatic rings. The van der Waals surface area contributed by atoms with Crippen molar-refractivity contribution in [2.75, 3.05) is 7.11 Å². The van der Waals surface area contributed by atoms with E-state index in [0.29, 0.717) is 36.2 Å². The smallest absolute Gasteiger partial charge is 0.416 e. The summed E-state index contributed by atoms with van der Waals surface area (Å²) in [7, 11) is 1.52. The molecule has 1 atom stereocenters. The summed E-state index contributed by atoms with van der Waals surface area (Å²) in [6, 6.07) is 6.16. The van der Waals surface area contributed by atoms with Gasteiger partial charge >= 0.3 is 6.18 Å². The number of hydrogen-bond donors (Lipinski definition) is 0. The maximum atomic E-state index is 13.8. The van der Waals surface area contributed by atoms with Gasteiger partial charge in [-0.25, -0.2) is 24.0 Å². The number of aryl methyl sites for hydroxylation is 2. The molecular weight excluding hydrogens is 464 g/mol. The van der Waals surface area contributed by atoms with E-state index in [-0.39, 0.29) is 5.56 Å². The van der Waals surface area contributed by atoms with E-state index in [1.165, 1.54) is 7.11 Å². The van der Waals surface area contributed by atoms with Crippen LogP contribution in [0.3, 0.4) is 0 Å². The van der Waals surface area contributed by atoms with E-state index < -0.39 is 23.5 Å². The number of benzene rings is 1. The second kappa shape index (κ2) is 8.64. The summed E-state index contributed by atoms with van der Waals surface area (Å²) in [5.41, 5.74) is 1.17. The van der Waals surface area contributed by atoms with Gasteiger partial charge in [0.2, 0.25) is 5.88 Å². The zero-order valence-corrected chi connectivity index (χ0v) is 18.8. The van der Waals surface area contributed by atoms with Crippen LogP contribution in [0.5, 0.6) is 5.88 Å². The van der Waals surface area contributed by atoms with E-state index in [9.17, 15) is 17.6 Å². The number of ether oxygens (including phenoxy) is 1. The van der Waals surface area contributed by atoms with Crippen molar-refractivity contribution in [1.29, 1.82) is 0 Å². The number of alkyl halides is 3. The highest BCUT2D eigenvalue weighted by atomic mass is 19.4. The summed E-state index contributed by atoms with van der Waals surface area (Å²) in [5.74, 6) is -0.328. The van der Waals surface area contributed by atoms with Gasteiger partial charge in [0.05, 0.1) is 30.4 Å². The third-order valence-corrected chi connectivity index (χ3v) is 5.80. The van der Waals surface area contributed by atoms with Gasteiger partial charge in [-0.3, -0.25) is 0 Å². The Morgan fingerprint density at radius 2 is 1.94 bits per heavy atom. The number of imidazole rings is 1. The number of methoxy groups -OCH3 is 1. The lowest BCUT2D eigenvalue weighted by Crippen LogP contribution is -2.12. The number of nitrogens with zero attached hydrogens (tertiary/aromatic N) is 6. The molecule has 7 nitrogen and oxygen atoms in total. The number of rotatable bonds is 5. The standard InChI is InChI=1S/C24H20F4N6O/c1-14-12-33(13-29-14)20-7-4-16(30-23(20)35-2)5-8-21-31-22-17(9-10-34(22)32-21)18-11-15(25)3-6-19(18)24(26,27)28/h3-8,11-13,17H,9-10H2,1-2H3/t17-/m0/s1. The molecule has 11 heteroatoms. The van der Waals surface area contributed by atoms with Gasteiger partial charge in [0.25, 0.3) is 0 Å². The van der Waals surface area contributed by atoms with E-state index in [4.69, 9.17) is 4.74 Å². The van der Waals surface area contributed by atoms with Crippen molar-refractivity contribution in [2.45, 2.75) is 32.0 Å². The molecule has 3 aromatic heterocycles. The molecule has 0 amide bonds. The first-order valence-corrected chi connectivity index (χ1v) is 10.8. The molecule has 1 aromatic carbocycles. The third kappa shape index (κ3) is 4.41. The Morgan fingerprint density at radius 3 is 2.66 bits per heavy atom. The number of aromatic nitrogens is 6. The van der Waals surface area contributed by atoms with Gasteiger partial charge in [-0.05, 0) is 61.4 Å². The summed E-state index contributed by atoms with van der Waals surface area (Å²) in [6.45, 7) is 2.27. The molecule has 0 unspecified atom stereocenters. The van der Waals surface area contributed by atoms with Gasteiger partial charge in [0.15, 0.2) is 5.82 Å². The van der Waals surface area contributed by atoms with E-state index in [2.05, 4.69) is 20.1 Å². The summed E-state index contributed by atoms with van der Waals surface area (Å²) < 4.78 is 63.2. The molecule has 35 heavy (non-hydrogen) atoms. The Labute approximate surface area is 197 Å². The van der Waals surface area contributed by atoms with Crippen molar-refractivity contribution in [1.82, 2.24) is 29.3 Å². The lowest BCUT2D eigenvalue weighted by Gasteiger charge is -2.16. The van der Waals surface area contributed by atoms with Crippen LogP contribution >= 0.6 is 0 Å². The van der Waals surface area contributed by atoms with Crippen LogP contribution in [0.4, 0.5) is 17.6 Å². The van der Waals surface area contributed by atoms with E-state index in [1.807, 2.05) is 19.2 Å². The van der Waals surface area contributed by atoms with Crippen molar-refractivity contribution >= 4 is 12.2 Å². The van der Waals surface area contributed by atoms with Crippen LogP contribution in [0.25, 0.3) is 17.8 Å². The number of pyridine rings is 1. The fourth-order valence-electron chi connectivity index (χ4n) is 4.22. The largest absolute Gasteiger partial charge is 0.479 e. The molecule has 0 fully saturated rings. The summed E-state index contributed by atoms with van der Waals surface area (Å²) in [5, 5.41) is 4.38. The Kier molecular flexibility index (Phi) is 5.62. The first-order valence-electron chi connectivity index (χ1n) is 10.8. The zero-order chi connectivity index (χ0) is 24.7. The first-order chi connectivity index (χ1) is 16.7. The number of fused-ring (bicyclic) bond motifs is 1. The molecule has 0 saturated heterocycles. The third-order valence-electron chi connectivity index (χ3n) is 5.80. The minimum absolute atomic E-state index is 0.129. The molecule has 180 valence electrons. The van der Waals surface area contributed by atoms with Crippen molar-refractivity contribution in [3.8, 4) is 11.6 Å². The SMILES string of the molecule is COc1nc(C=Cc2nc3n(n2)CC[C@H]3c2cc(F)ccc2C(F)(F)F)ccc1-n1cnc(C)c1. The van der Waals surface area contributed by atoms with Crippen LogP contribution in [-0.2, 0) is 12.7 Å². The lowest BCUT2D eigenvalue weighted by molar-refractivity contribution is -0.138. The average Bonchev–Trinajstić information content (AvgIpc) is 3.52. The summed E-state index contributed by atoms with van der Waals surface area (Å²) >= 11 is 0. The predicted molar refractivity (Wildman–Crippen MR) is 119 cm³/mol. The quantitative estimate of drug-likeness (QED) is 0.371. The monoisotopic (exact) mass is 484 g/mol. The van der Waals surface area contributed by atoms with Gasteiger partial charge in [0.1, 0.15) is 17.3 Å². The maximum Gasteiger partial charge on any atom is 0.416 e. The molecule has 0 N–H and O–H groups in total. The Hall–Kier alpha value is -4.02.